The van der Waals surface area contributed by atoms with Crippen LogP contribution < -0.4 is 0 Å². The van der Waals surface area contributed by atoms with Crippen LogP contribution in [-0.4, -0.2) is 5.78 Å². The zero-order valence-electron chi connectivity index (χ0n) is 9.59. The van der Waals surface area contributed by atoms with E-state index in [1.54, 1.807) is 0 Å². The van der Waals surface area contributed by atoms with Crippen LogP contribution >= 0.6 is 23.2 Å². The number of carbonyl (C=O) groups excluding carboxylic acids is 1. The van der Waals surface area contributed by atoms with E-state index in [2.05, 4.69) is 0 Å². The first-order valence-electron chi connectivity index (χ1n) is 5.39. The summed E-state index contributed by atoms with van der Waals surface area (Å²) in [6.45, 7) is 0. The molecule has 0 aliphatic rings. The van der Waals surface area contributed by atoms with Gasteiger partial charge < -0.3 is 0 Å². The largest absolute Gasteiger partial charge is 0.294 e. The molecule has 0 amide bonds. The molecule has 0 bridgehead atoms. The topological polar surface area (TPSA) is 17.1 Å². The summed E-state index contributed by atoms with van der Waals surface area (Å²) >= 11 is 11.2. The fraction of sp³-hybridized carbons (Fsp3) is 0.0714. The quantitative estimate of drug-likeness (QED) is 0.751. The molecule has 0 aliphatic heterocycles. The van der Waals surface area contributed by atoms with Gasteiger partial charge in [-0.15, -0.1) is 0 Å². The van der Waals surface area contributed by atoms with Gasteiger partial charge >= 0.3 is 0 Å². The lowest BCUT2D eigenvalue weighted by Gasteiger charge is -2.04. The molecular formula is C14H8Cl2F2O. The van der Waals surface area contributed by atoms with Gasteiger partial charge in [0.2, 0.25) is 0 Å². The summed E-state index contributed by atoms with van der Waals surface area (Å²) in [6.07, 6.45) is 0.0150. The SMILES string of the molecule is O=C(Cc1ccc(F)c(Cl)c1)c1ccc(Cl)c(F)c1. The maximum atomic E-state index is 13.2. The lowest BCUT2D eigenvalue weighted by atomic mass is 10.0. The Bertz CT molecular complexity index is 641. The number of rotatable bonds is 3. The predicted molar refractivity (Wildman–Crippen MR) is 70.9 cm³/mol. The van der Waals surface area contributed by atoms with Gasteiger partial charge in [0.15, 0.2) is 5.78 Å². The van der Waals surface area contributed by atoms with Crippen LogP contribution in [0.25, 0.3) is 0 Å². The maximum absolute atomic E-state index is 13.2. The van der Waals surface area contributed by atoms with Crippen molar-refractivity contribution in [3.8, 4) is 0 Å². The average molecular weight is 301 g/mol. The second-order valence-corrected chi connectivity index (χ2v) is 4.79. The van der Waals surface area contributed by atoms with Crippen molar-refractivity contribution in [2.75, 3.05) is 0 Å². The van der Waals surface area contributed by atoms with Crippen molar-refractivity contribution in [1.82, 2.24) is 0 Å². The summed E-state index contributed by atoms with van der Waals surface area (Å²) < 4.78 is 26.2. The molecule has 2 aromatic rings. The van der Waals surface area contributed by atoms with E-state index in [0.717, 1.165) is 6.07 Å². The molecule has 0 aromatic heterocycles. The van der Waals surface area contributed by atoms with E-state index in [-0.39, 0.29) is 27.8 Å². The van der Waals surface area contributed by atoms with Gasteiger partial charge in [-0.1, -0.05) is 29.3 Å². The minimum Gasteiger partial charge on any atom is -0.294 e. The third-order valence-electron chi connectivity index (χ3n) is 2.59. The predicted octanol–water partition coefficient (Wildman–Crippen LogP) is 4.70. The summed E-state index contributed by atoms with van der Waals surface area (Å²) in [5, 5.41) is -0.0889. The van der Waals surface area contributed by atoms with Gasteiger partial charge in [0.25, 0.3) is 0 Å². The van der Waals surface area contributed by atoms with Crippen LogP contribution in [0.15, 0.2) is 36.4 Å². The molecule has 98 valence electrons. The van der Waals surface area contributed by atoms with Crippen LogP contribution in [-0.2, 0) is 6.42 Å². The number of carbonyl (C=O) groups is 1. The maximum Gasteiger partial charge on any atom is 0.167 e. The Labute approximate surface area is 118 Å². The van der Waals surface area contributed by atoms with E-state index >= 15 is 0 Å². The van der Waals surface area contributed by atoms with Crippen molar-refractivity contribution in [3.63, 3.8) is 0 Å². The molecule has 19 heavy (non-hydrogen) atoms. The van der Waals surface area contributed by atoms with Gasteiger partial charge in [0, 0.05) is 12.0 Å². The lowest BCUT2D eigenvalue weighted by molar-refractivity contribution is 0.0992. The number of ketones is 1. The third-order valence-corrected chi connectivity index (χ3v) is 3.19. The Morgan fingerprint density at radius 2 is 1.68 bits per heavy atom. The Kier molecular flexibility index (Phi) is 4.17. The fourth-order valence-electron chi connectivity index (χ4n) is 1.61. The summed E-state index contributed by atoms with van der Waals surface area (Å²) in [5.41, 5.74) is 0.772. The van der Waals surface area contributed by atoms with Crippen LogP contribution in [0, 0.1) is 11.6 Å². The van der Waals surface area contributed by atoms with Gasteiger partial charge in [-0.2, -0.15) is 0 Å². The zero-order chi connectivity index (χ0) is 14.0. The molecule has 2 aromatic carbocycles. The highest BCUT2D eigenvalue weighted by Gasteiger charge is 2.11. The smallest absolute Gasteiger partial charge is 0.167 e. The van der Waals surface area contributed by atoms with Gasteiger partial charge in [-0.05, 0) is 35.9 Å². The van der Waals surface area contributed by atoms with Crippen LogP contribution in [0.5, 0.6) is 0 Å². The lowest BCUT2D eigenvalue weighted by Crippen LogP contribution is -2.04. The van der Waals surface area contributed by atoms with Crippen molar-refractivity contribution in [2.24, 2.45) is 0 Å². The third kappa shape index (κ3) is 3.31. The molecule has 0 unspecified atom stereocenters. The first-order valence-corrected chi connectivity index (χ1v) is 6.15. The number of benzene rings is 2. The highest BCUT2D eigenvalue weighted by Crippen LogP contribution is 2.19. The molecule has 0 saturated heterocycles. The van der Waals surface area contributed by atoms with Gasteiger partial charge in [0.1, 0.15) is 11.6 Å². The first-order chi connectivity index (χ1) is 8.97. The monoisotopic (exact) mass is 300 g/mol. The van der Waals surface area contributed by atoms with Crippen molar-refractivity contribution >= 4 is 29.0 Å². The number of Topliss-reactive ketones (excluding diaryl/α,β-unsaturated/α-hetero) is 1. The van der Waals surface area contributed by atoms with E-state index in [0.29, 0.717) is 5.56 Å². The molecule has 5 heteroatoms. The second kappa shape index (κ2) is 5.68. The molecule has 0 fully saturated rings. The van der Waals surface area contributed by atoms with Crippen LogP contribution in [0.2, 0.25) is 10.0 Å². The average Bonchev–Trinajstić information content (AvgIpc) is 2.37. The van der Waals surface area contributed by atoms with E-state index in [4.69, 9.17) is 23.2 Å². The molecule has 0 saturated carbocycles. The number of halogens is 4. The number of hydrogen-bond acceptors (Lipinski definition) is 1. The molecular weight excluding hydrogens is 293 g/mol. The molecule has 0 N–H and O–H groups in total. The molecule has 0 aliphatic carbocycles. The van der Waals surface area contributed by atoms with Crippen molar-refractivity contribution in [2.45, 2.75) is 6.42 Å². The van der Waals surface area contributed by atoms with E-state index in [9.17, 15) is 13.6 Å². The van der Waals surface area contributed by atoms with Crippen molar-refractivity contribution < 1.29 is 13.6 Å². The minimum atomic E-state index is -0.648. The Morgan fingerprint density at radius 1 is 0.947 bits per heavy atom. The molecule has 0 heterocycles. The summed E-state index contributed by atoms with van der Waals surface area (Å²) in [6, 6.07) is 7.87. The normalized spacial score (nSPS) is 10.5. The Hall–Kier alpha value is -1.45. The molecule has 0 radical (unpaired) electrons. The highest BCUT2D eigenvalue weighted by atomic mass is 35.5. The van der Waals surface area contributed by atoms with Gasteiger partial charge in [0.05, 0.1) is 10.0 Å². The van der Waals surface area contributed by atoms with Gasteiger partial charge in [-0.3, -0.25) is 4.79 Å². The van der Waals surface area contributed by atoms with Crippen LogP contribution in [0.4, 0.5) is 8.78 Å². The molecule has 2 rings (SSSR count). The number of hydrogen-bond donors (Lipinski definition) is 0. The molecule has 0 atom stereocenters. The molecule has 1 nitrogen and oxygen atoms in total. The highest BCUT2D eigenvalue weighted by molar-refractivity contribution is 6.31. The summed E-state index contributed by atoms with van der Waals surface area (Å²) in [4.78, 5) is 11.9. The molecule has 0 spiro atoms. The zero-order valence-corrected chi connectivity index (χ0v) is 11.1. The summed E-state index contributed by atoms with van der Waals surface area (Å²) in [7, 11) is 0. The standard InChI is InChI=1S/C14H8Cl2F2O/c15-10-3-2-9(7-13(10)18)14(19)6-8-1-4-12(17)11(16)5-8/h1-5,7H,6H2. The Morgan fingerprint density at radius 3 is 2.32 bits per heavy atom. The Balaban J connectivity index is 2.20. The van der Waals surface area contributed by atoms with E-state index in [1.165, 1.54) is 30.3 Å². The van der Waals surface area contributed by atoms with Gasteiger partial charge in [-0.25, -0.2) is 8.78 Å². The van der Waals surface area contributed by atoms with Crippen molar-refractivity contribution in [3.05, 3.63) is 69.2 Å². The fourth-order valence-corrected chi connectivity index (χ4v) is 1.93. The van der Waals surface area contributed by atoms with Crippen molar-refractivity contribution in [1.29, 1.82) is 0 Å². The minimum absolute atomic E-state index is 0.0150. The summed E-state index contributed by atoms with van der Waals surface area (Å²) in [5.74, 6) is -1.49. The first kappa shape index (κ1) is 14.0. The van der Waals surface area contributed by atoms with E-state index < -0.39 is 11.6 Å². The van der Waals surface area contributed by atoms with E-state index in [1.807, 2.05) is 0 Å². The van der Waals surface area contributed by atoms with Crippen LogP contribution in [0.3, 0.4) is 0 Å². The second-order valence-electron chi connectivity index (χ2n) is 3.98. The van der Waals surface area contributed by atoms with Crippen LogP contribution in [0.1, 0.15) is 15.9 Å².